The van der Waals surface area contributed by atoms with Crippen molar-refractivity contribution in [3.8, 4) is 11.3 Å². The molecule has 3 aromatic rings. The van der Waals surface area contributed by atoms with Gasteiger partial charge in [-0.3, -0.25) is 10.1 Å². The highest BCUT2D eigenvalue weighted by molar-refractivity contribution is 5.96. The fourth-order valence-corrected chi connectivity index (χ4v) is 3.07. The van der Waals surface area contributed by atoms with Crippen LogP contribution in [-0.2, 0) is 9.53 Å². The zero-order valence-corrected chi connectivity index (χ0v) is 16.3. The number of ether oxygens (including phenoxy) is 1. The summed E-state index contributed by atoms with van der Waals surface area (Å²) in [6, 6.07) is 13.2. The molecule has 0 saturated carbocycles. The smallest absolute Gasteiger partial charge is 0.339 e. The van der Waals surface area contributed by atoms with Crippen LogP contribution in [0.2, 0.25) is 0 Å². The maximum Gasteiger partial charge on any atom is 0.339 e. The lowest BCUT2D eigenvalue weighted by atomic mass is 10.00. The quantitative estimate of drug-likeness (QED) is 0.667. The largest absolute Gasteiger partial charge is 0.452 e. The Morgan fingerprint density at radius 1 is 0.964 bits per heavy atom. The number of carbonyl (C=O) groups is 2. The van der Waals surface area contributed by atoms with Gasteiger partial charge in [-0.2, -0.15) is 0 Å². The van der Waals surface area contributed by atoms with Crippen molar-refractivity contribution in [1.82, 2.24) is 5.16 Å². The number of rotatable bonds is 5. The summed E-state index contributed by atoms with van der Waals surface area (Å²) in [5.74, 6) is -0.829. The average molecular weight is 378 g/mol. The molecule has 0 aliphatic heterocycles. The van der Waals surface area contributed by atoms with E-state index in [9.17, 15) is 9.59 Å². The molecule has 6 heteroatoms. The minimum Gasteiger partial charge on any atom is -0.452 e. The SMILES string of the molecule is Cc1ccc(-c2cc(NC(=O)COC(=O)c3c(C)cc(C)cc3C)on2)cc1. The van der Waals surface area contributed by atoms with E-state index in [0.29, 0.717) is 11.3 Å². The van der Waals surface area contributed by atoms with Crippen molar-refractivity contribution in [2.45, 2.75) is 27.7 Å². The second-order valence-corrected chi connectivity index (χ2v) is 6.84. The van der Waals surface area contributed by atoms with E-state index < -0.39 is 18.5 Å². The third-order valence-corrected chi connectivity index (χ3v) is 4.34. The summed E-state index contributed by atoms with van der Waals surface area (Å²) in [7, 11) is 0. The third kappa shape index (κ3) is 4.46. The molecule has 1 amide bonds. The molecule has 144 valence electrons. The number of esters is 1. The van der Waals surface area contributed by atoms with E-state index >= 15 is 0 Å². The highest BCUT2D eigenvalue weighted by atomic mass is 16.5. The topological polar surface area (TPSA) is 81.4 Å². The number of benzene rings is 2. The van der Waals surface area contributed by atoms with Crippen molar-refractivity contribution in [3.63, 3.8) is 0 Å². The summed E-state index contributed by atoms with van der Waals surface area (Å²) in [5, 5.41) is 6.49. The normalized spacial score (nSPS) is 10.6. The van der Waals surface area contributed by atoms with Crippen LogP contribution in [-0.4, -0.2) is 23.6 Å². The molecule has 0 atom stereocenters. The first-order chi connectivity index (χ1) is 13.3. The molecule has 0 aliphatic carbocycles. The standard InChI is InChI=1S/C22H22N2O4/c1-13-5-7-17(8-6-13)18-11-20(28-24-18)23-19(25)12-27-22(26)21-15(3)9-14(2)10-16(21)4/h5-11H,12H2,1-4H3,(H,23,25). The van der Waals surface area contributed by atoms with E-state index in [2.05, 4.69) is 10.5 Å². The summed E-state index contributed by atoms with van der Waals surface area (Å²) in [6.07, 6.45) is 0. The van der Waals surface area contributed by atoms with E-state index in [1.165, 1.54) is 0 Å². The lowest BCUT2D eigenvalue weighted by Gasteiger charge is -2.10. The molecule has 6 nitrogen and oxygen atoms in total. The van der Waals surface area contributed by atoms with Crippen LogP contribution in [0.3, 0.4) is 0 Å². The molecule has 0 bridgehead atoms. The molecule has 0 unspecified atom stereocenters. The first kappa shape index (κ1) is 19.4. The third-order valence-electron chi connectivity index (χ3n) is 4.34. The molecule has 3 rings (SSSR count). The van der Waals surface area contributed by atoms with Crippen molar-refractivity contribution in [1.29, 1.82) is 0 Å². The molecule has 1 N–H and O–H groups in total. The predicted octanol–water partition coefficient (Wildman–Crippen LogP) is 4.37. The van der Waals surface area contributed by atoms with Gasteiger partial charge in [0.05, 0.1) is 5.56 Å². The van der Waals surface area contributed by atoms with Crippen molar-refractivity contribution in [3.05, 3.63) is 70.3 Å². The maximum absolute atomic E-state index is 12.3. The van der Waals surface area contributed by atoms with Gasteiger partial charge in [-0.05, 0) is 38.8 Å². The second kappa shape index (κ2) is 8.08. The van der Waals surface area contributed by atoms with Crippen LogP contribution in [0.5, 0.6) is 0 Å². The van der Waals surface area contributed by atoms with E-state index in [0.717, 1.165) is 27.8 Å². The van der Waals surface area contributed by atoms with Crippen molar-refractivity contribution >= 4 is 17.8 Å². The summed E-state index contributed by atoms with van der Waals surface area (Å²) in [4.78, 5) is 24.4. The first-order valence-electron chi connectivity index (χ1n) is 8.92. The summed E-state index contributed by atoms with van der Waals surface area (Å²) >= 11 is 0. The van der Waals surface area contributed by atoms with Crippen LogP contribution in [0.15, 0.2) is 47.0 Å². The number of carbonyl (C=O) groups excluding carboxylic acids is 2. The monoisotopic (exact) mass is 378 g/mol. The van der Waals surface area contributed by atoms with Gasteiger partial charge in [-0.25, -0.2) is 4.79 Å². The van der Waals surface area contributed by atoms with Crippen LogP contribution < -0.4 is 5.32 Å². The van der Waals surface area contributed by atoms with Gasteiger partial charge in [0, 0.05) is 11.6 Å². The van der Waals surface area contributed by atoms with Gasteiger partial charge in [-0.15, -0.1) is 0 Å². The Morgan fingerprint density at radius 3 is 2.25 bits per heavy atom. The molecule has 0 aliphatic rings. The number of amides is 1. The minimum absolute atomic E-state index is 0.194. The average Bonchev–Trinajstić information content (AvgIpc) is 3.08. The van der Waals surface area contributed by atoms with E-state index in [1.807, 2.05) is 64.1 Å². The van der Waals surface area contributed by atoms with E-state index in [1.54, 1.807) is 6.07 Å². The molecule has 2 aromatic carbocycles. The van der Waals surface area contributed by atoms with Gasteiger partial charge in [0.15, 0.2) is 6.61 Å². The molecular weight excluding hydrogens is 356 g/mol. The summed E-state index contributed by atoms with van der Waals surface area (Å²) in [5.41, 5.74) is 5.83. The van der Waals surface area contributed by atoms with Gasteiger partial charge in [0.25, 0.3) is 5.91 Å². The van der Waals surface area contributed by atoms with Gasteiger partial charge in [0.2, 0.25) is 5.88 Å². The number of aromatic nitrogens is 1. The minimum atomic E-state index is -0.525. The zero-order chi connectivity index (χ0) is 20.3. The highest BCUT2D eigenvalue weighted by Gasteiger charge is 2.17. The second-order valence-electron chi connectivity index (χ2n) is 6.84. The highest BCUT2D eigenvalue weighted by Crippen LogP contribution is 2.22. The van der Waals surface area contributed by atoms with E-state index in [-0.39, 0.29) is 5.88 Å². The van der Waals surface area contributed by atoms with Gasteiger partial charge >= 0.3 is 5.97 Å². The molecule has 0 saturated heterocycles. The van der Waals surface area contributed by atoms with Crippen molar-refractivity contribution in [2.75, 3.05) is 11.9 Å². The fourth-order valence-electron chi connectivity index (χ4n) is 3.07. The van der Waals surface area contributed by atoms with Crippen LogP contribution in [0.4, 0.5) is 5.88 Å². The van der Waals surface area contributed by atoms with Crippen LogP contribution in [0, 0.1) is 27.7 Å². The van der Waals surface area contributed by atoms with Gasteiger partial charge in [-0.1, -0.05) is 52.7 Å². The molecule has 0 fully saturated rings. The number of hydrogen-bond acceptors (Lipinski definition) is 5. The lowest BCUT2D eigenvalue weighted by Crippen LogP contribution is -2.21. The Hall–Kier alpha value is -3.41. The molecule has 0 radical (unpaired) electrons. The Balaban J connectivity index is 1.59. The Kier molecular flexibility index (Phi) is 5.59. The Bertz CT molecular complexity index is 996. The van der Waals surface area contributed by atoms with Crippen LogP contribution >= 0.6 is 0 Å². The number of nitrogens with zero attached hydrogens (tertiary/aromatic N) is 1. The van der Waals surface area contributed by atoms with Crippen molar-refractivity contribution < 1.29 is 18.8 Å². The molecule has 1 heterocycles. The fraction of sp³-hybridized carbons (Fsp3) is 0.227. The summed E-state index contributed by atoms with van der Waals surface area (Å²) in [6.45, 7) is 7.24. The number of hydrogen-bond donors (Lipinski definition) is 1. The number of anilines is 1. The predicted molar refractivity (Wildman–Crippen MR) is 106 cm³/mol. The Labute approximate surface area is 163 Å². The maximum atomic E-state index is 12.3. The summed E-state index contributed by atoms with van der Waals surface area (Å²) < 4.78 is 10.3. The van der Waals surface area contributed by atoms with Gasteiger partial charge in [0.1, 0.15) is 5.69 Å². The number of aryl methyl sites for hydroxylation is 4. The van der Waals surface area contributed by atoms with Crippen LogP contribution in [0.25, 0.3) is 11.3 Å². The number of nitrogens with one attached hydrogen (secondary N) is 1. The molecule has 1 aromatic heterocycles. The molecule has 0 spiro atoms. The molecular formula is C22H22N2O4. The first-order valence-corrected chi connectivity index (χ1v) is 8.92. The van der Waals surface area contributed by atoms with Crippen molar-refractivity contribution in [2.24, 2.45) is 0 Å². The Morgan fingerprint density at radius 2 is 1.61 bits per heavy atom. The lowest BCUT2D eigenvalue weighted by molar-refractivity contribution is -0.119. The zero-order valence-electron chi connectivity index (χ0n) is 16.3. The van der Waals surface area contributed by atoms with Gasteiger partial charge < -0.3 is 9.26 Å². The van der Waals surface area contributed by atoms with E-state index in [4.69, 9.17) is 9.26 Å². The molecule has 28 heavy (non-hydrogen) atoms. The van der Waals surface area contributed by atoms with Crippen LogP contribution in [0.1, 0.15) is 32.6 Å².